The first-order valence-electron chi connectivity index (χ1n) is 7.53. The fourth-order valence-corrected chi connectivity index (χ4v) is 7.35. The SMILES string of the molecule is CCOP(=O)(OCC)C(CC(N)C(N)=O)P(=O)(OCC)OCC. The maximum Gasteiger partial charge on any atom is 0.345 e. The van der Waals surface area contributed by atoms with Crippen LogP contribution in [-0.2, 0) is 32.0 Å². The van der Waals surface area contributed by atoms with Crippen molar-refractivity contribution in [3.63, 3.8) is 0 Å². The third-order valence-electron chi connectivity index (χ3n) is 2.80. The van der Waals surface area contributed by atoms with E-state index in [-0.39, 0.29) is 32.8 Å². The lowest BCUT2D eigenvalue weighted by atomic mass is 10.2. The molecule has 0 saturated carbocycles. The first-order chi connectivity index (χ1) is 10.7. The fourth-order valence-electron chi connectivity index (χ4n) is 1.91. The second-order valence-electron chi connectivity index (χ2n) is 4.48. The molecule has 0 fully saturated rings. The van der Waals surface area contributed by atoms with Crippen LogP contribution in [0.1, 0.15) is 34.1 Å². The van der Waals surface area contributed by atoms with Crippen LogP contribution in [0.2, 0.25) is 0 Å². The quantitative estimate of drug-likeness (QED) is 0.467. The maximum absolute atomic E-state index is 13.1. The molecule has 0 heterocycles. The van der Waals surface area contributed by atoms with Gasteiger partial charge in [0.15, 0.2) is 5.40 Å². The van der Waals surface area contributed by atoms with Gasteiger partial charge in [-0.2, -0.15) is 0 Å². The van der Waals surface area contributed by atoms with E-state index in [1.165, 1.54) is 0 Å². The molecular formula is C12H28N2O7P2. The highest BCUT2D eigenvalue weighted by atomic mass is 31.2. The lowest BCUT2D eigenvalue weighted by molar-refractivity contribution is -0.119. The number of rotatable bonds is 13. The van der Waals surface area contributed by atoms with Crippen molar-refractivity contribution in [2.75, 3.05) is 26.4 Å². The van der Waals surface area contributed by atoms with Crippen molar-refractivity contribution >= 4 is 21.1 Å². The van der Waals surface area contributed by atoms with Crippen molar-refractivity contribution in [2.45, 2.75) is 45.6 Å². The number of carbonyl (C=O) groups excluding carboxylic acids is 1. The number of hydrogen-bond donors (Lipinski definition) is 2. The van der Waals surface area contributed by atoms with Gasteiger partial charge in [-0.05, 0) is 34.1 Å². The number of amides is 1. The van der Waals surface area contributed by atoms with Gasteiger partial charge in [0.05, 0.1) is 32.5 Å². The molecule has 1 unspecified atom stereocenters. The second-order valence-corrected chi connectivity index (χ2v) is 9.32. The molecule has 0 aliphatic heterocycles. The van der Waals surface area contributed by atoms with Crippen molar-refractivity contribution in [3.05, 3.63) is 0 Å². The topological polar surface area (TPSA) is 140 Å². The molecule has 0 aliphatic rings. The third kappa shape index (κ3) is 6.63. The zero-order valence-electron chi connectivity index (χ0n) is 14.1. The summed E-state index contributed by atoms with van der Waals surface area (Å²) in [6.07, 6.45) is -0.302. The van der Waals surface area contributed by atoms with Gasteiger partial charge in [0.1, 0.15) is 0 Å². The number of hydrogen-bond acceptors (Lipinski definition) is 8. The Bertz CT molecular complexity index is 411. The summed E-state index contributed by atoms with van der Waals surface area (Å²) in [6.45, 7) is 6.67. The van der Waals surface area contributed by atoms with Gasteiger partial charge in [0.2, 0.25) is 5.91 Å². The van der Waals surface area contributed by atoms with E-state index in [0.29, 0.717) is 0 Å². The molecule has 9 nitrogen and oxygen atoms in total. The lowest BCUT2D eigenvalue weighted by Crippen LogP contribution is -2.39. The van der Waals surface area contributed by atoms with Crippen molar-refractivity contribution in [1.82, 2.24) is 0 Å². The molecule has 0 rings (SSSR count). The van der Waals surface area contributed by atoms with Gasteiger partial charge in [0, 0.05) is 0 Å². The monoisotopic (exact) mass is 374 g/mol. The summed E-state index contributed by atoms with van der Waals surface area (Å²) < 4.78 is 47.1. The zero-order chi connectivity index (χ0) is 18.1. The number of carbonyl (C=O) groups is 1. The number of primary amides is 1. The van der Waals surface area contributed by atoms with E-state index in [9.17, 15) is 13.9 Å². The Morgan fingerprint density at radius 2 is 1.17 bits per heavy atom. The van der Waals surface area contributed by atoms with Gasteiger partial charge < -0.3 is 29.6 Å². The minimum atomic E-state index is -3.90. The van der Waals surface area contributed by atoms with Crippen molar-refractivity contribution in [1.29, 1.82) is 0 Å². The van der Waals surface area contributed by atoms with Gasteiger partial charge in [0.25, 0.3) is 0 Å². The van der Waals surface area contributed by atoms with E-state index >= 15 is 0 Å². The average Bonchev–Trinajstić information content (AvgIpc) is 2.45. The molecule has 0 bridgehead atoms. The minimum Gasteiger partial charge on any atom is -0.368 e. The summed E-state index contributed by atoms with van der Waals surface area (Å²) in [5.74, 6) is -0.825. The molecule has 0 aliphatic carbocycles. The molecule has 11 heteroatoms. The molecule has 0 aromatic rings. The van der Waals surface area contributed by atoms with E-state index in [4.69, 9.17) is 29.6 Å². The van der Waals surface area contributed by atoms with Crippen LogP contribution in [-0.4, -0.2) is 43.8 Å². The minimum absolute atomic E-state index is 0.0534. The van der Waals surface area contributed by atoms with Gasteiger partial charge in [-0.25, -0.2) is 0 Å². The smallest absolute Gasteiger partial charge is 0.345 e. The van der Waals surface area contributed by atoms with Crippen LogP contribution >= 0.6 is 15.2 Å². The Labute approximate surface area is 137 Å². The van der Waals surface area contributed by atoms with Crippen LogP contribution in [0.5, 0.6) is 0 Å². The second kappa shape index (κ2) is 10.6. The molecule has 23 heavy (non-hydrogen) atoms. The first kappa shape index (κ1) is 22.7. The molecule has 1 amide bonds. The molecule has 1 atom stereocenters. The summed E-state index contributed by atoms with van der Waals surface area (Å²) in [6, 6.07) is -1.19. The summed E-state index contributed by atoms with van der Waals surface area (Å²) in [4.78, 5) is 11.3. The first-order valence-corrected chi connectivity index (χ1v) is 10.7. The van der Waals surface area contributed by atoms with Gasteiger partial charge >= 0.3 is 15.2 Å². The normalized spacial score (nSPS) is 14.2. The standard InChI is InChI=1S/C12H28N2O7P2/c1-5-18-22(16,19-6-2)11(9-10(13)12(14)15)23(17,20-7-3)21-8-4/h10-11H,5-9,13H2,1-4H3,(H2,14,15). The van der Waals surface area contributed by atoms with Crippen LogP contribution < -0.4 is 11.5 Å². The van der Waals surface area contributed by atoms with Crippen LogP contribution in [0, 0.1) is 0 Å². The van der Waals surface area contributed by atoms with E-state index in [1.807, 2.05) is 0 Å². The van der Waals surface area contributed by atoms with Crippen LogP contribution in [0.3, 0.4) is 0 Å². The Hall–Kier alpha value is -0.270. The third-order valence-corrected chi connectivity index (χ3v) is 8.85. The molecule has 138 valence electrons. The Balaban J connectivity index is 5.88. The Kier molecular flexibility index (Phi) is 10.4. The highest BCUT2D eigenvalue weighted by Gasteiger charge is 2.51. The highest BCUT2D eigenvalue weighted by Crippen LogP contribution is 2.71. The van der Waals surface area contributed by atoms with Gasteiger partial charge in [-0.1, -0.05) is 0 Å². The van der Waals surface area contributed by atoms with Gasteiger partial charge in [-0.3, -0.25) is 13.9 Å². The Morgan fingerprint density at radius 3 is 1.39 bits per heavy atom. The van der Waals surface area contributed by atoms with Gasteiger partial charge in [-0.15, -0.1) is 0 Å². The summed E-state index contributed by atoms with van der Waals surface area (Å²) in [5.41, 5.74) is 10.8. The van der Waals surface area contributed by atoms with Crippen LogP contribution in [0.25, 0.3) is 0 Å². The zero-order valence-corrected chi connectivity index (χ0v) is 15.9. The summed E-state index contributed by atoms with van der Waals surface area (Å²) in [5, 5.41) is -1.34. The molecule has 0 aromatic heterocycles. The average molecular weight is 374 g/mol. The van der Waals surface area contributed by atoms with Crippen molar-refractivity contribution < 1.29 is 32.0 Å². The summed E-state index contributed by atoms with van der Waals surface area (Å²) >= 11 is 0. The van der Waals surface area contributed by atoms with Crippen LogP contribution in [0.4, 0.5) is 0 Å². The lowest BCUT2D eigenvalue weighted by Gasteiger charge is -2.32. The molecule has 0 radical (unpaired) electrons. The Morgan fingerprint density at radius 1 is 0.870 bits per heavy atom. The molecule has 4 N–H and O–H groups in total. The molecule has 0 spiro atoms. The molecular weight excluding hydrogens is 346 g/mol. The van der Waals surface area contributed by atoms with E-state index in [0.717, 1.165) is 0 Å². The largest absolute Gasteiger partial charge is 0.368 e. The predicted molar refractivity (Wildman–Crippen MR) is 87.3 cm³/mol. The van der Waals surface area contributed by atoms with Crippen LogP contribution in [0.15, 0.2) is 0 Å². The fraction of sp³-hybridized carbons (Fsp3) is 0.917. The number of nitrogens with two attached hydrogens (primary N) is 2. The highest BCUT2D eigenvalue weighted by molar-refractivity contribution is 7.72. The van der Waals surface area contributed by atoms with E-state index in [2.05, 4.69) is 0 Å². The summed E-state index contributed by atoms with van der Waals surface area (Å²) in [7, 11) is -7.81. The molecule has 0 aromatic carbocycles. The van der Waals surface area contributed by atoms with Crippen molar-refractivity contribution in [2.24, 2.45) is 11.5 Å². The van der Waals surface area contributed by atoms with Crippen molar-refractivity contribution in [3.8, 4) is 0 Å². The predicted octanol–water partition coefficient (Wildman–Crippen LogP) is 2.05. The molecule has 0 saturated heterocycles. The maximum atomic E-state index is 13.1. The van der Waals surface area contributed by atoms with E-state index < -0.39 is 32.5 Å². The van der Waals surface area contributed by atoms with E-state index in [1.54, 1.807) is 27.7 Å².